The third-order valence-corrected chi connectivity index (χ3v) is 6.54. The van der Waals surface area contributed by atoms with E-state index in [9.17, 15) is 61.9 Å². The number of rotatable bonds is 10. The normalized spacial score (nSPS) is 16.0. The highest BCUT2D eigenvalue weighted by molar-refractivity contribution is 5.70. The number of esters is 1. The van der Waals surface area contributed by atoms with Crippen LogP contribution in [-0.2, 0) is 26.8 Å². The monoisotopic (exact) mass is 622 g/mol. The summed E-state index contributed by atoms with van der Waals surface area (Å²) in [4.78, 5) is 11.9. The summed E-state index contributed by atoms with van der Waals surface area (Å²) in [6.07, 6.45) is -10.5. The maximum absolute atomic E-state index is 13.8. The first-order chi connectivity index (χ1) is 18.1. The summed E-state index contributed by atoms with van der Waals surface area (Å²) in [5, 5.41) is 0. The van der Waals surface area contributed by atoms with Crippen LogP contribution in [-0.4, -0.2) is 48.4 Å². The molecule has 1 aromatic carbocycles. The molecule has 0 bridgehead atoms. The summed E-state index contributed by atoms with van der Waals surface area (Å²) in [5.41, 5.74) is 3.29. The minimum Gasteiger partial charge on any atom is -0.465 e. The van der Waals surface area contributed by atoms with E-state index in [2.05, 4.69) is 4.74 Å². The summed E-state index contributed by atoms with van der Waals surface area (Å²) in [7, 11) is 0. The van der Waals surface area contributed by atoms with E-state index >= 15 is 0 Å². The van der Waals surface area contributed by atoms with Gasteiger partial charge in [0, 0.05) is 11.8 Å². The molecule has 0 N–H and O–H groups in total. The van der Waals surface area contributed by atoms with Crippen molar-refractivity contribution in [1.82, 2.24) is 0 Å². The van der Waals surface area contributed by atoms with Gasteiger partial charge in [-0.25, -0.2) is 0 Å². The van der Waals surface area contributed by atoms with E-state index < -0.39 is 61.2 Å². The summed E-state index contributed by atoms with van der Waals surface area (Å²) < 4.78 is 175. The molecular formula is C26H31F13O2. The van der Waals surface area contributed by atoms with Crippen molar-refractivity contribution in [2.75, 3.05) is 6.61 Å². The molecule has 238 valence electrons. The Kier molecular flexibility index (Phi) is 9.99. The minimum atomic E-state index is -7.96. The van der Waals surface area contributed by atoms with Gasteiger partial charge in [-0.3, -0.25) is 4.79 Å². The molecular weight excluding hydrogens is 591 g/mol. The Morgan fingerprint density at radius 2 is 1.22 bits per heavy atom. The second kappa shape index (κ2) is 11.1. The SMILES string of the molecule is CC.CC(C)(C)c1cc(CCC(=O)OCCC(F)(F)C(F)(F)C(F)(F)C(F)(F)C(F)(F)C(F)(F)F)cc2c1C2(C)C. The van der Waals surface area contributed by atoms with Crippen molar-refractivity contribution in [3.8, 4) is 0 Å². The average molecular weight is 623 g/mol. The molecule has 0 saturated heterocycles. The summed E-state index contributed by atoms with van der Waals surface area (Å²) in [6, 6.07) is 3.61. The van der Waals surface area contributed by atoms with Gasteiger partial charge < -0.3 is 4.74 Å². The van der Waals surface area contributed by atoms with Crippen LogP contribution in [0.15, 0.2) is 12.1 Å². The molecule has 0 amide bonds. The van der Waals surface area contributed by atoms with Crippen LogP contribution in [0.3, 0.4) is 0 Å². The van der Waals surface area contributed by atoms with Crippen LogP contribution in [0.4, 0.5) is 57.1 Å². The molecule has 41 heavy (non-hydrogen) atoms. The van der Waals surface area contributed by atoms with Crippen LogP contribution in [0.1, 0.15) is 83.6 Å². The molecule has 1 aromatic rings. The lowest BCUT2D eigenvalue weighted by molar-refractivity contribution is -0.440. The highest BCUT2D eigenvalue weighted by atomic mass is 19.4. The van der Waals surface area contributed by atoms with E-state index in [-0.39, 0.29) is 17.3 Å². The molecule has 0 radical (unpaired) electrons. The lowest BCUT2D eigenvalue weighted by atomic mass is 9.84. The van der Waals surface area contributed by atoms with E-state index in [1.165, 1.54) is 0 Å². The third-order valence-electron chi connectivity index (χ3n) is 6.54. The van der Waals surface area contributed by atoms with E-state index in [4.69, 9.17) is 0 Å². The molecule has 0 unspecified atom stereocenters. The zero-order chi connectivity index (χ0) is 32.8. The van der Waals surface area contributed by atoms with Crippen LogP contribution in [0, 0.1) is 0 Å². The molecule has 0 atom stereocenters. The molecule has 0 saturated carbocycles. The fourth-order valence-electron chi connectivity index (χ4n) is 4.02. The van der Waals surface area contributed by atoms with E-state index in [1.807, 2.05) is 54.5 Å². The highest BCUT2D eigenvalue weighted by Crippen LogP contribution is 2.60. The zero-order valence-corrected chi connectivity index (χ0v) is 23.2. The molecule has 0 heterocycles. The van der Waals surface area contributed by atoms with Gasteiger partial charge >= 0.3 is 41.8 Å². The first-order valence-corrected chi connectivity index (χ1v) is 12.4. The standard InChI is InChI=1S/C24H25F13O2.C2H6/c1-17(2,3)13-10-12(11-14-16(13)18(14,4)5)6-7-15(38)39-9-8-19(25,26)20(27,28)21(29,30)22(31,32)23(33,34)24(35,36)37;1-2/h10-11H,6-9H2,1-5H3;1-2H3. The number of aryl methyl sites for hydroxylation is 1. The van der Waals surface area contributed by atoms with Crippen molar-refractivity contribution in [2.24, 2.45) is 0 Å². The van der Waals surface area contributed by atoms with Crippen molar-refractivity contribution in [1.29, 1.82) is 0 Å². The van der Waals surface area contributed by atoms with Crippen molar-refractivity contribution in [3.63, 3.8) is 0 Å². The Labute approximate surface area is 228 Å². The van der Waals surface area contributed by atoms with Crippen LogP contribution in [0.2, 0.25) is 0 Å². The fourth-order valence-corrected chi connectivity index (χ4v) is 4.02. The van der Waals surface area contributed by atoms with Crippen molar-refractivity contribution in [3.05, 3.63) is 34.4 Å². The maximum Gasteiger partial charge on any atom is 0.460 e. The summed E-state index contributed by atoms with van der Waals surface area (Å²) >= 11 is 0. The average Bonchev–Trinajstić information content (AvgIpc) is 3.36. The van der Waals surface area contributed by atoms with Crippen LogP contribution in [0.5, 0.6) is 0 Å². The predicted octanol–water partition coefficient (Wildman–Crippen LogP) is 9.25. The molecule has 0 aromatic heterocycles. The Balaban J connectivity index is 0.00000411. The van der Waals surface area contributed by atoms with Crippen LogP contribution in [0.25, 0.3) is 0 Å². The van der Waals surface area contributed by atoms with Crippen molar-refractivity contribution >= 4 is 5.97 Å². The smallest absolute Gasteiger partial charge is 0.460 e. The zero-order valence-electron chi connectivity index (χ0n) is 23.2. The first-order valence-electron chi connectivity index (χ1n) is 12.4. The number of hydrogen-bond donors (Lipinski definition) is 0. The fraction of sp³-hybridized carbons (Fsp3) is 0.731. The number of benzene rings is 1. The van der Waals surface area contributed by atoms with Crippen LogP contribution >= 0.6 is 0 Å². The first kappa shape index (κ1) is 36.8. The Morgan fingerprint density at radius 1 is 0.756 bits per heavy atom. The molecule has 1 aliphatic carbocycles. The number of fused-ring (bicyclic) bond motifs is 1. The molecule has 15 heteroatoms. The second-order valence-corrected chi connectivity index (χ2v) is 10.9. The quantitative estimate of drug-likeness (QED) is 0.192. The largest absolute Gasteiger partial charge is 0.465 e. The number of hydrogen-bond acceptors (Lipinski definition) is 2. The molecule has 0 spiro atoms. The van der Waals surface area contributed by atoms with Gasteiger partial charge in [0.15, 0.2) is 0 Å². The Hall–Kier alpha value is -2.22. The van der Waals surface area contributed by atoms with Gasteiger partial charge in [-0.05, 0) is 34.1 Å². The lowest BCUT2D eigenvalue weighted by Crippen LogP contribution is -2.70. The Morgan fingerprint density at radius 3 is 1.66 bits per heavy atom. The topological polar surface area (TPSA) is 26.3 Å². The Bertz CT molecular complexity index is 1100. The summed E-state index contributed by atoms with van der Waals surface area (Å²) in [6.45, 7) is 12.1. The highest BCUT2D eigenvalue weighted by Gasteiger charge is 2.90. The van der Waals surface area contributed by atoms with Crippen molar-refractivity contribution < 1.29 is 66.6 Å². The number of alkyl halides is 13. The third kappa shape index (κ3) is 6.42. The predicted molar refractivity (Wildman–Crippen MR) is 123 cm³/mol. The minimum absolute atomic E-state index is 0.00531. The number of carbonyl (C=O) groups excluding carboxylic acids is 1. The summed E-state index contributed by atoms with van der Waals surface area (Å²) in [5.74, 6) is -38.5. The van der Waals surface area contributed by atoms with Gasteiger partial charge in [0.2, 0.25) is 0 Å². The number of carbonyl (C=O) groups is 1. The van der Waals surface area contributed by atoms with Gasteiger partial charge in [0.1, 0.15) is 0 Å². The molecule has 1 aliphatic rings. The maximum atomic E-state index is 13.8. The number of halogens is 13. The van der Waals surface area contributed by atoms with Gasteiger partial charge in [-0.1, -0.05) is 60.6 Å². The lowest BCUT2D eigenvalue weighted by Gasteiger charge is -2.39. The molecule has 2 nitrogen and oxygen atoms in total. The van der Waals surface area contributed by atoms with E-state index in [0.29, 0.717) is 5.56 Å². The van der Waals surface area contributed by atoms with Gasteiger partial charge in [-0.15, -0.1) is 0 Å². The number of ether oxygens (including phenoxy) is 1. The van der Waals surface area contributed by atoms with Gasteiger partial charge in [0.25, 0.3) is 0 Å². The van der Waals surface area contributed by atoms with Gasteiger partial charge in [0.05, 0.1) is 13.0 Å². The van der Waals surface area contributed by atoms with Gasteiger partial charge in [-0.2, -0.15) is 57.1 Å². The van der Waals surface area contributed by atoms with Crippen LogP contribution < -0.4 is 0 Å². The van der Waals surface area contributed by atoms with E-state index in [0.717, 1.165) is 16.7 Å². The van der Waals surface area contributed by atoms with E-state index in [1.54, 1.807) is 6.07 Å². The molecule has 2 rings (SSSR count). The molecule has 0 aliphatic heterocycles. The second-order valence-electron chi connectivity index (χ2n) is 10.9. The van der Waals surface area contributed by atoms with Crippen molar-refractivity contribution in [2.45, 2.75) is 114 Å². The molecule has 0 fully saturated rings.